The van der Waals surface area contributed by atoms with E-state index < -0.39 is 51.1 Å². The molecule has 166 valence electrons. The minimum absolute atomic E-state index is 0.0603. The number of aliphatic carboxylic acids is 1. The molecular formula is C19H28F3NO5S. The van der Waals surface area contributed by atoms with Gasteiger partial charge in [-0.1, -0.05) is 38.2 Å². The number of carbonyl (C=O) groups is 1. The first-order valence-electron chi connectivity index (χ1n) is 10.2. The van der Waals surface area contributed by atoms with E-state index in [4.69, 9.17) is 9.84 Å². The standard InChI is InChI=1S/C19H28F3NO5S/c20-19(21,22)17-15(18(24)25)11-13-10-14(6-7-16(13)28-17)29(26,27)23-9-8-12-4-2-1-3-5-12/h11-14,16-17,23H,1-10H2,(H,24,25). The molecule has 0 saturated heterocycles. The second-order valence-corrected chi connectivity index (χ2v) is 10.4. The highest BCUT2D eigenvalue weighted by molar-refractivity contribution is 7.90. The summed E-state index contributed by atoms with van der Waals surface area (Å²) in [7, 11) is -3.62. The number of ether oxygens (including phenoxy) is 1. The zero-order valence-electron chi connectivity index (χ0n) is 16.2. The van der Waals surface area contributed by atoms with Crippen LogP contribution in [-0.4, -0.2) is 49.7 Å². The molecular weight excluding hydrogens is 411 g/mol. The van der Waals surface area contributed by atoms with Crippen molar-refractivity contribution in [1.29, 1.82) is 0 Å². The maximum atomic E-state index is 13.1. The summed E-state index contributed by atoms with van der Waals surface area (Å²) in [5.74, 6) is -1.82. The third-order valence-electron chi connectivity index (χ3n) is 6.34. The van der Waals surface area contributed by atoms with Crippen LogP contribution in [0.1, 0.15) is 57.8 Å². The van der Waals surface area contributed by atoms with Gasteiger partial charge in [0.25, 0.3) is 0 Å². The molecule has 0 amide bonds. The highest BCUT2D eigenvalue weighted by Crippen LogP contribution is 2.41. The number of nitrogens with one attached hydrogen (secondary N) is 1. The van der Waals surface area contributed by atoms with Crippen molar-refractivity contribution in [2.75, 3.05) is 6.54 Å². The molecule has 0 radical (unpaired) electrons. The molecule has 2 fully saturated rings. The molecule has 2 N–H and O–H groups in total. The molecule has 6 nitrogen and oxygen atoms in total. The van der Waals surface area contributed by atoms with Crippen molar-refractivity contribution in [2.24, 2.45) is 11.8 Å². The Kier molecular flexibility index (Phi) is 6.95. The molecule has 0 aromatic carbocycles. The van der Waals surface area contributed by atoms with Gasteiger partial charge in [0, 0.05) is 12.5 Å². The molecule has 10 heteroatoms. The van der Waals surface area contributed by atoms with Crippen LogP contribution in [0.5, 0.6) is 0 Å². The van der Waals surface area contributed by atoms with E-state index in [0.717, 1.165) is 25.3 Å². The number of carboxylic acid groups (broad SMARTS) is 1. The Morgan fingerprint density at radius 2 is 1.86 bits per heavy atom. The number of hydrogen-bond donors (Lipinski definition) is 2. The van der Waals surface area contributed by atoms with Gasteiger partial charge in [-0.2, -0.15) is 13.2 Å². The lowest BCUT2D eigenvalue weighted by atomic mass is 9.82. The lowest BCUT2D eigenvalue weighted by Gasteiger charge is -2.40. The van der Waals surface area contributed by atoms with Crippen LogP contribution in [-0.2, 0) is 19.6 Å². The molecule has 3 rings (SSSR count). The average Bonchev–Trinajstić information content (AvgIpc) is 2.66. The van der Waals surface area contributed by atoms with Crippen LogP contribution in [0.25, 0.3) is 0 Å². The summed E-state index contributed by atoms with van der Waals surface area (Å²) >= 11 is 0. The SMILES string of the molecule is O=C(O)C1=CC2CC(S(=O)(=O)NCCC3CCCCC3)CCC2OC1C(F)(F)F. The lowest BCUT2D eigenvalue weighted by molar-refractivity contribution is -0.232. The maximum absolute atomic E-state index is 13.1. The molecule has 2 aliphatic carbocycles. The van der Waals surface area contributed by atoms with Crippen LogP contribution >= 0.6 is 0 Å². The zero-order valence-corrected chi connectivity index (χ0v) is 17.0. The number of alkyl halides is 3. The van der Waals surface area contributed by atoms with E-state index in [1.54, 1.807) is 0 Å². The van der Waals surface area contributed by atoms with Crippen molar-refractivity contribution in [3.63, 3.8) is 0 Å². The molecule has 0 aromatic heterocycles. The first kappa shape index (κ1) is 22.6. The largest absolute Gasteiger partial charge is 0.478 e. The maximum Gasteiger partial charge on any atom is 0.419 e. The van der Waals surface area contributed by atoms with Gasteiger partial charge in [-0.05, 0) is 31.6 Å². The molecule has 1 heterocycles. The number of rotatable bonds is 6. The zero-order chi connectivity index (χ0) is 21.2. The first-order valence-corrected chi connectivity index (χ1v) is 11.8. The van der Waals surface area contributed by atoms with Crippen LogP contribution < -0.4 is 4.72 Å². The predicted octanol–water partition coefficient (Wildman–Crippen LogP) is 3.39. The number of fused-ring (bicyclic) bond motifs is 1. The number of hydrogen-bond acceptors (Lipinski definition) is 4. The van der Waals surface area contributed by atoms with Gasteiger partial charge in [0.05, 0.1) is 16.9 Å². The molecule has 3 aliphatic rings. The fraction of sp³-hybridized carbons (Fsp3) is 0.842. The van der Waals surface area contributed by atoms with E-state index in [1.807, 2.05) is 0 Å². The Labute approximate surface area is 168 Å². The van der Waals surface area contributed by atoms with Gasteiger partial charge in [-0.25, -0.2) is 17.9 Å². The highest BCUT2D eigenvalue weighted by Gasteiger charge is 2.51. The normalized spacial score (nSPS) is 31.8. The van der Waals surface area contributed by atoms with Crippen LogP contribution in [0.3, 0.4) is 0 Å². The minimum Gasteiger partial charge on any atom is -0.478 e. The average molecular weight is 439 g/mol. The molecule has 0 aromatic rings. The van der Waals surface area contributed by atoms with Gasteiger partial charge in [-0.15, -0.1) is 0 Å². The smallest absolute Gasteiger partial charge is 0.419 e. The van der Waals surface area contributed by atoms with Crippen molar-refractivity contribution in [3.8, 4) is 0 Å². The van der Waals surface area contributed by atoms with Crippen molar-refractivity contribution < 1.29 is 36.2 Å². The van der Waals surface area contributed by atoms with Gasteiger partial charge in [-0.3, -0.25) is 0 Å². The Bertz CT molecular complexity index is 731. The summed E-state index contributed by atoms with van der Waals surface area (Å²) in [6.45, 7) is 0.362. The van der Waals surface area contributed by atoms with E-state index in [1.165, 1.54) is 19.3 Å². The summed E-state index contributed by atoms with van der Waals surface area (Å²) in [6.07, 6.45) is -0.0301. The highest BCUT2D eigenvalue weighted by atomic mass is 32.2. The Morgan fingerprint density at radius 3 is 2.48 bits per heavy atom. The summed E-state index contributed by atoms with van der Waals surface area (Å²) in [4.78, 5) is 11.3. The number of sulfonamides is 1. The summed E-state index contributed by atoms with van der Waals surface area (Å²) in [6, 6.07) is 0. The fourth-order valence-electron chi connectivity index (χ4n) is 4.77. The first-order chi connectivity index (χ1) is 13.6. The Hall–Kier alpha value is -1.13. The third-order valence-corrected chi connectivity index (χ3v) is 8.25. The van der Waals surface area contributed by atoms with Crippen LogP contribution in [0.15, 0.2) is 11.6 Å². The monoisotopic (exact) mass is 439 g/mol. The van der Waals surface area contributed by atoms with Gasteiger partial charge in [0.1, 0.15) is 0 Å². The van der Waals surface area contributed by atoms with E-state index in [-0.39, 0.29) is 19.3 Å². The van der Waals surface area contributed by atoms with Crippen molar-refractivity contribution in [2.45, 2.75) is 81.4 Å². The van der Waals surface area contributed by atoms with Crippen LogP contribution in [0.2, 0.25) is 0 Å². The van der Waals surface area contributed by atoms with Gasteiger partial charge < -0.3 is 9.84 Å². The number of halogens is 3. The van der Waals surface area contributed by atoms with E-state index >= 15 is 0 Å². The second kappa shape index (κ2) is 8.93. The summed E-state index contributed by atoms with van der Waals surface area (Å²) in [5, 5.41) is 8.39. The Morgan fingerprint density at radius 1 is 1.17 bits per heavy atom. The molecule has 2 saturated carbocycles. The van der Waals surface area contributed by atoms with E-state index in [0.29, 0.717) is 12.5 Å². The molecule has 0 bridgehead atoms. The second-order valence-electron chi connectivity index (χ2n) is 8.35. The molecule has 0 spiro atoms. The molecule has 4 unspecified atom stereocenters. The fourth-order valence-corrected chi connectivity index (χ4v) is 6.33. The Balaban J connectivity index is 1.62. The van der Waals surface area contributed by atoms with Crippen molar-refractivity contribution in [3.05, 3.63) is 11.6 Å². The van der Waals surface area contributed by atoms with Gasteiger partial charge in [0.2, 0.25) is 10.0 Å². The van der Waals surface area contributed by atoms with Crippen molar-refractivity contribution in [1.82, 2.24) is 4.72 Å². The molecule has 1 aliphatic heterocycles. The van der Waals surface area contributed by atoms with E-state index in [9.17, 15) is 26.4 Å². The van der Waals surface area contributed by atoms with Crippen molar-refractivity contribution >= 4 is 16.0 Å². The van der Waals surface area contributed by atoms with Crippen LogP contribution in [0.4, 0.5) is 13.2 Å². The predicted molar refractivity (Wildman–Crippen MR) is 99.7 cm³/mol. The van der Waals surface area contributed by atoms with Crippen LogP contribution in [0, 0.1) is 11.8 Å². The topological polar surface area (TPSA) is 92.7 Å². The number of carboxylic acids is 1. The van der Waals surface area contributed by atoms with Gasteiger partial charge in [0.15, 0.2) is 6.10 Å². The van der Waals surface area contributed by atoms with E-state index in [2.05, 4.69) is 4.72 Å². The molecule has 4 atom stereocenters. The summed E-state index contributed by atoms with van der Waals surface area (Å²) in [5.41, 5.74) is -0.859. The quantitative estimate of drug-likeness (QED) is 0.662. The third kappa shape index (κ3) is 5.52. The summed E-state index contributed by atoms with van der Waals surface area (Å²) < 4.78 is 72.5. The lowest BCUT2D eigenvalue weighted by Crippen LogP contribution is -2.49. The van der Waals surface area contributed by atoms with Gasteiger partial charge >= 0.3 is 12.1 Å². The molecule has 29 heavy (non-hydrogen) atoms. The minimum atomic E-state index is -4.82.